The Hall–Kier alpha value is -1.00. The molecule has 1 saturated heterocycles. The van der Waals surface area contributed by atoms with Crippen LogP contribution in [0, 0.1) is 17.6 Å². The van der Waals surface area contributed by atoms with Gasteiger partial charge in [0.15, 0.2) is 0 Å². The van der Waals surface area contributed by atoms with Crippen LogP contribution < -0.4 is 5.73 Å². The summed E-state index contributed by atoms with van der Waals surface area (Å²) in [6, 6.07) is 3.51. The Kier molecular flexibility index (Phi) is 4.53. The van der Waals surface area contributed by atoms with Crippen LogP contribution >= 0.6 is 0 Å². The third-order valence-electron chi connectivity index (χ3n) is 3.97. The Morgan fingerprint density at radius 1 is 1.37 bits per heavy atom. The van der Waals surface area contributed by atoms with E-state index in [-0.39, 0.29) is 5.56 Å². The first-order valence-corrected chi connectivity index (χ1v) is 6.93. The van der Waals surface area contributed by atoms with E-state index in [0.717, 1.165) is 31.5 Å². The van der Waals surface area contributed by atoms with Gasteiger partial charge >= 0.3 is 0 Å². The van der Waals surface area contributed by atoms with Crippen LogP contribution in [0.3, 0.4) is 0 Å². The van der Waals surface area contributed by atoms with Gasteiger partial charge in [-0.15, -0.1) is 0 Å². The minimum atomic E-state index is -0.477. The van der Waals surface area contributed by atoms with Crippen LogP contribution in [0.25, 0.3) is 0 Å². The second-order valence-corrected chi connectivity index (χ2v) is 5.72. The first kappa shape index (κ1) is 14.4. The highest BCUT2D eigenvalue weighted by atomic mass is 19.1. The molecule has 0 saturated carbocycles. The van der Waals surface area contributed by atoms with Crippen LogP contribution in [0.2, 0.25) is 0 Å². The first-order valence-electron chi connectivity index (χ1n) is 6.93. The molecule has 1 heterocycles. The summed E-state index contributed by atoms with van der Waals surface area (Å²) in [4.78, 5) is 2.31. The zero-order valence-corrected chi connectivity index (χ0v) is 11.6. The molecule has 19 heavy (non-hydrogen) atoms. The molecule has 2 unspecified atom stereocenters. The van der Waals surface area contributed by atoms with Gasteiger partial charge in [0.05, 0.1) is 0 Å². The molecular weight excluding hydrogens is 246 g/mol. The number of likely N-dealkylation sites (tertiary alicyclic amines) is 1. The summed E-state index contributed by atoms with van der Waals surface area (Å²) in [5.41, 5.74) is 6.33. The van der Waals surface area contributed by atoms with Crippen LogP contribution in [-0.4, -0.2) is 24.0 Å². The van der Waals surface area contributed by atoms with Crippen molar-refractivity contribution in [2.45, 2.75) is 38.8 Å². The lowest BCUT2D eigenvalue weighted by Gasteiger charge is -2.30. The van der Waals surface area contributed by atoms with E-state index in [9.17, 15) is 8.78 Å². The van der Waals surface area contributed by atoms with Crippen LogP contribution in [-0.2, 0) is 0 Å². The number of hydrogen-bond donors (Lipinski definition) is 1. The van der Waals surface area contributed by atoms with E-state index >= 15 is 0 Å². The van der Waals surface area contributed by atoms with Gasteiger partial charge in [-0.1, -0.05) is 13.8 Å². The lowest BCUT2D eigenvalue weighted by atomic mass is 10.0. The summed E-state index contributed by atoms with van der Waals surface area (Å²) in [7, 11) is 0. The number of hydrogen-bond acceptors (Lipinski definition) is 2. The largest absolute Gasteiger partial charge is 0.323 e. The third kappa shape index (κ3) is 3.31. The zero-order chi connectivity index (χ0) is 14.0. The summed E-state index contributed by atoms with van der Waals surface area (Å²) in [6.07, 6.45) is 2.32. The average molecular weight is 268 g/mol. The molecule has 0 bridgehead atoms. The van der Waals surface area contributed by atoms with Gasteiger partial charge in [0.25, 0.3) is 0 Å². The summed E-state index contributed by atoms with van der Waals surface area (Å²) >= 11 is 0. The number of benzene rings is 1. The SMILES string of the molecule is CC(C)C1CCCN1CC(N)c1cc(F)ccc1F. The van der Waals surface area contributed by atoms with Gasteiger partial charge in [0.1, 0.15) is 11.6 Å². The van der Waals surface area contributed by atoms with E-state index in [1.807, 2.05) is 0 Å². The predicted octanol–water partition coefficient (Wildman–Crippen LogP) is 3.09. The molecule has 2 nitrogen and oxygen atoms in total. The quantitative estimate of drug-likeness (QED) is 0.909. The minimum Gasteiger partial charge on any atom is -0.323 e. The minimum absolute atomic E-state index is 0.273. The van der Waals surface area contributed by atoms with Crippen LogP contribution in [0.5, 0.6) is 0 Å². The number of nitrogens with zero attached hydrogens (tertiary/aromatic N) is 1. The Morgan fingerprint density at radius 2 is 2.11 bits per heavy atom. The second-order valence-electron chi connectivity index (χ2n) is 5.72. The van der Waals surface area contributed by atoms with Crippen molar-refractivity contribution in [1.82, 2.24) is 4.90 Å². The number of nitrogens with two attached hydrogens (primary N) is 1. The third-order valence-corrected chi connectivity index (χ3v) is 3.97. The number of rotatable bonds is 4. The maximum atomic E-state index is 13.7. The molecule has 0 spiro atoms. The van der Waals surface area contributed by atoms with Gasteiger partial charge < -0.3 is 5.73 Å². The van der Waals surface area contributed by atoms with Crippen LogP contribution in [0.4, 0.5) is 8.78 Å². The Labute approximate surface area is 113 Å². The molecular formula is C15H22F2N2. The number of halogens is 2. The fourth-order valence-electron chi connectivity index (χ4n) is 2.98. The lowest BCUT2D eigenvalue weighted by molar-refractivity contribution is 0.194. The van der Waals surface area contributed by atoms with Gasteiger partial charge in [-0.2, -0.15) is 0 Å². The molecule has 2 N–H and O–H groups in total. The van der Waals surface area contributed by atoms with Gasteiger partial charge in [-0.25, -0.2) is 8.78 Å². The normalized spacial score (nSPS) is 22.1. The van der Waals surface area contributed by atoms with Crippen molar-refractivity contribution in [2.24, 2.45) is 11.7 Å². The molecule has 1 aromatic carbocycles. The fraction of sp³-hybridized carbons (Fsp3) is 0.600. The highest BCUT2D eigenvalue weighted by molar-refractivity contribution is 5.22. The van der Waals surface area contributed by atoms with Crippen molar-refractivity contribution in [3.63, 3.8) is 0 Å². The molecule has 1 aromatic rings. The van der Waals surface area contributed by atoms with E-state index < -0.39 is 17.7 Å². The molecule has 0 aromatic heterocycles. The Morgan fingerprint density at radius 3 is 2.79 bits per heavy atom. The first-order chi connectivity index (χ1) is 8.99. The molecule has 0 radical (unpaired) electrons. The maximum Gasteiger partial charge on any atom is 0.128 e. The summed E-state index contributed by atoms with van der Waals surface area (Å²) in [6.45, 7) is 5.96. The maximum absolute atomic E-state index is 13.7. The van der Waals surface area contributed by atoms with Gasteiger partial charge in [0.2, 0.25) is 0 Å². The van der Waals surface area contributed by atoms with Gasteiger partial charge in [-0.3, -0.25) is 4.90 Å². The van der Waals surface area contributed by atoms with Crippen molar-refractivity contribution in [1.29, 1.82) is 0 Å². The second kappa shape index (κ2) is 5.97. The van der Waals surface area contributed by atoms with Crippen molar-refractivity contribution in [3.05, 3.63) is 35.4 Å². The lowest BCUT2D eigenvalue weighted by Crippen LogP contribution is -2.38. The molecule has 106 valence electrons. The standard InChI is InChI=1S/C15H22F2N2/c1-10(2)15-4-3-7-19(15)9-14(18)12-8-11(16)5-6-13(12)17/h5-6,8,10,14-15H,3-4,7,9,18H2,1-2H3. The van der Waals surface area contributed by atoms with Crippen molar-refractivity contribution in [2.75, 3.05) is 13.1 Å². The van der Waals surface area contributed by atoms with E-state index in [1.165, 1.54) is 6.07 Å². The van der Waals surface area contributed by atoms with Crippen molar-refractivity contribution >= 4 is 0 Å². The Balaban J connectivity index is 2.08. The molecule has 1 aliphatic heterocycles. The van der Waals surface area contributed by atoms with Crippen LogP contribution in [0.1, 0.15) is 38.3 Å². The monoisotopic (exact) mass is 268 g/mol. The summed E-state index contributed by atoms with van der Waals surface area (Å²) in [5.74, 6) is -0.296. The predicted molar refractivity (Wildman–Crippen MR) is 72.7 cm³/mol. The van der Waals surface area contributed by atoms with E-state index in [0.29, 0.717) is 18.5 Å². The van der Waals surface area contributed by atoms with E-state index in [2.05, 4.69) is 18.7 Å². The van der Waals surface area contributed by atoms with Gasteiger partial charge in [0, 0.05) is 24.2 Å². The topological polar surface area (TPSA) is 29.3 Å². The zero-order valence-electron chi connectivity index (χ0n) is 11.6. The van der Waals surface area contributed by atoms with Crippen molar-refractivity contribution < 1.29 is 8.78 Å². The van der Waals surface area contributed by atoms with Crippen molar-refractivity contribution in [3.8, 4) is 0 Å². The molecule has 0 aliphatic carbocycles. The highest BCUT2D eigenvalue weighted by Crippen LogP contribution is 2.26. The van der Waals surface area contributed by atoms with Gasteiger partial charge in [-0.05, 0) is 43.5 Å². The summed E-state index contributed by atoms with van der Waals surface area (Å²) < 4.78 is 26.9. The van der Waals surface area contributed by atoms with Crippen LogP contribution in [0.15, 0.2) is 18.2 Å². The molecule has 0 amide bonds. The average Bonchev–Trinajstić information content (AvgIpc) is 2.80. The smallest absolute Gasteiger partial charge is 0.128 e. The summed E-state index contributed by atoms with van der Waals surface area (Å²) in [5, 5.41) is 0. The van der Waals surface area contributed by atoms with E-state index in [1.54, 1.807) is 0 Å². The fourth-order valence-corrected chi connectivity index (χ4v) is 2.98. The molecule has 1 aliphatic rings. The molecule has 4 heteroatoms. The highest BCUT2D eigenvalue weighted by Gasteiger charge is 2.28. The molecule has 2 rings (SSSR count). The Bertz CT molecular complexity index is 434. The molecule has 2 atom stereocenters. The van der Waals surface area contributed by atoms with E-state index in [4.69, 9.17) is 5.73 Å². The molecule has 1 fully saturated rings.